The summed E-state index contributed by atoms with van der Waals surface area (Å²) in [5, 5.41) is 12.6. The van der Waals surface area contributed by atoms with Gasteiger partial charge in [0.2, 0.25) is 0 Å². The second-order valence-electron chi connectivity index (χ2n) is 12.2. The fraction of sp³-hybridized carbons (Fsp3) is 0.244. The Kier molecular flexibility index (Phi) is 10.6. The number of nitrogens with one attached hydrogen (secondary N) is 1. The van der Waals surface area contributed by atoms with Crippen LogP contribution in [-0.2, 0) is 22.6 Å². The Morgan fingerprint density at radius 1 is 0.787 bits per heavy atom. The molecule has 1 fully saturated rings. The summed E-state index contributed by atoms with van der Waals surface area (Å²) in [5.74, 6) is -0.0884. The zero-order valence-electron chi connectivity index (χ0n) is 27.0. The lowest BCUT2D eigenvalue weighted by Crippen LogP contribution is -2.38. The summed E-state index contributed by atoms with van der Waals surface area (Å²) in [7, 11) is 2.15. The van der Waals surface area contributed by atoms with Gasteiger partial charge >= 0.3 is 0 Å². The van der Waals surface area contributed by atoms with Gasteiger partial charge in [-0.1, -0.05) is 115 Å². The Balaban J connectivity index is 1.17. The molecule has 6 heteroatoms. The minimum absolute atomic E-state index is 0.0138. The zero-order valence-corrected chi connectivity index (χ0v) is 27.0. The molecule has 0 aromatic heterocycles. The molecule has 2 N–H and O–H groups in total. The van der Waals surface area contributed by atoms with E-state index in [4.69, 9.17) is 9.47 Å². The Bertz CT molecular complexity index is 1730. The van der Waals surface area contributed by atoms with Gasteiger partial charge in [0.25, 0.3) is 5.91 Å². The van der Waals surface area contributed by atoms with Gasteiger partial charge in [-0.25, -0.2) is 0 Å². The van der Waals surface area contributed by atoms with Crippen LogP contribution in [0.4, 0.5) is 0 Å². The summed E-state index contributed by atoms with van der Waals surface area (Å²) in [6, 6.07) is 44.6. The fourth-order valence-corrected chi connectivity index (χ4v) is 6.07. The molecule has 4 atom stereocenters. The number of hydrogen-bond acceptors (Lipinski definition) is 5. The number of aliphatic hydroxyl groups excluding tert-OH is 1. The zero-order chi connectivity index (χ0) is 32.6. The van der Waals surface area contributed by atoms with Gasteiger partial charge in [0.05, 0.1) is 18.8 Å². The number of aliphatic hydroxyl groups is 1. The lowest BCUT2D eigenvalue weighted by Gasteiger charge is -2.39. The largest absolute Gasteiger partial charge is 0.392 e. The smallest absolute Gasteiger partial charge is 0.251 e. The number of carbonyl (C=O) groups is 1. The van der Waals surface area contributed by atoms with Crippen LogP contribution in [0.3, 0.4) is 0 Å². The molecule has 0 bridgehead atoms. The van der Waals surface area contributed by atoms with Crippen molar-refractivity contribution >= 4 is 5.91 Å². The van der Waals surface area contributed by atoms with E-state index in [0.717, 1.165) is 46.3 Å². The summed E-state index contributed by atoms with van der Waals surface area (Å²) in [4.78, 5) is 14.9. The molecule has 0 aliphatic carbocycles. The van der Waals surface area contributed by atoms with Gasteiger partial charge in [0.1, 0.15) is 0 Å². The summed E-state index contributed by atoms with van der Waals surface area (Å²) in [6.07, 6.45) is 0.0153. The fourth-order valence-electron chi connectivity index (χ4n) is 6.07. The van der Waals surface area contributed by atoms with E-state index in [0.29, 0.717) is 12.1 Å². The van der Waals surface area contributed by atoms with Gasteiger partial charge in [0, 0.05) is 36.7 Å². The molecule has 0 spiro atoms. The van der Waals surface area contributed by atoms with E-state index >= 15 is 0 Å². The second kappa shape index (κ2) is 15.3. The van der Waals surface area contributed by atoms with E-state index in [9.17, 15) is 9.90 Å². The molecule has 0 radical (unpaired) electrons. The van der Waals surface area contributed by atoms with E-state index < -0.39 is 6.29 Å². The molecule has 1 heterocycles. The van der Waals surface area contributed by atoms with Crippen LogP contribution in [-0.4, -0.2) is 35.6 Å². The van der Waals surface area contributed by atoms with Crippen molar-refractivity contribution in [3.63, 3.8) is 0 Å². The molecule has 0 unspecified atom stereocenters. The number of nitrogens with zero attached hydrogens (tertiary/aromatic N) is 1. The first kappa shape index (κ1) is 32.4. The van der Waals surface area contributed by atoms with Crippen LogP contribution in [0.25, 0.3) is 11.1 Å². The number of amides is 1. The number of ether oxygens (including phenoxy) is 2. The van der Waals surface area contributed by atoms with Crippen LogP contribution >= 0.6 is 0 Å². The third-order valence-corrected chi connectivity index (χ3v) is 8.98. The maximum atomic E-state index is 12.5. The number of benzene rings is 5. The van der Waals surface area contributed by atoms with Crippen LogP contribution in [0.5, 0.6) is 0 Å². The van der Waals surface area contributed by atoms with Crippen molar-refractivity contribution in [2.45, 2.75) is 51.0 Å². The molecule has 1 aliphatic heterocycles. The summed E-state index contributed by atoms with van der Waals surface area (Å²) >= 11 is 0. The molecule has 1 aliphatic rings. The van der Waals surface area contributed by atoms with Gasteiger partial charge in [-0.15, -0.1) is 0 Å². The maximum absolute atomic E-state index is 12.5. The van der Waals surface area contributed by atoms with Crippen LogP contribution in [0.1, 0.15) is 70.0 Å². The highest BCUT2D eigenvalue weighted by molar-refractivity contribution is 5.94. The number of carbonyl (C=O) groups excluding carboxylic acids is 1. The van der Waals surface area contributed by atoms with Crippen molar-refractivity contribution in [1.29, 1.82) is 0 Å². The molecule has 0 saturated carbocycles. The molecular formula is C41H42N2O4. The van der Waals surface area contributed by atoms with Gasteiger partial charge in [-0.2, -0.15) is 0 Å². The van der Waals surface area contributed by atoms with Crippen molar-refractivity contribution in [1.82, 2.24) is 10.2 Å². The van der Waals surface area contributed by atoms with E-state index in [2.05, 4.69) is 84.9 Å². The Labute approximate surface area is 277 Å². The minimum Gasteiger partial charge on any atom is -0.392 e. The predicted octanol–water partition coefficient (Wildman–Crippen LogP) is 8.01. The van der Waals surface area contributed by atoms with Crippen LogP contribution < -0.4 is 5.32 Å². The monoisotopic (exact) mass is 626 g/mol. The molecule has 6 nitrogen and oxygen atoms in total. The standard InChI is InChI=1S/C41H42N2O4/c1-29(32-11-5-3-6-12-32)43(2)27-38-25-39(34-18-16-30(28-44)17-19-34)47-41(46-38)36-22-20-33(21-23-36)37-15-9-10-31(24-37)26-42-40(45)35-13-7-4-8-14-35/h3-24,29,38-39,41,44H,25-28H2,1-2H3,(H,42,45)/t29-,38-,39+,41+/m0/s1. The van der Waals surface area contributed by atoms with Crippen molar-refractivity contribution in [2.75, 3.05) is 13.6 Å². The van der Waals surface area contributed by atoms with E-state index in [1.165, 1.54) is 5.56 Å². The first-order chi connectivity index (χ1) is 23.0. The highest BCUT2D eigenvalue weighted by Gasteiger charge is 2.33. The Morgan fingerprint density at radius 2 is 1.47 bits per heavy atom. The highest BCUT2D eigenvalue weighted by Crippen LogP contribution is 2.39. The molecule has 5 aromatic carbocycles. The normalized spacial score (nSPS) is 18.5. The van der Waals surface area contributed by atoms with E-state index in [-0.39, 0.29) is 30.8 Å². The lowest BCUT2D eigenvalue weighted by atomic mass is 9.98. The van der Waals surface area contributed by atoms with Crippen LogP contribution in [0.2, 0.25) is 0 Å². The Morgan fingerprint density at radius 3 is 2.17 bits per heavy atom. The molecule has 5 aromatic rings. The summed E-state index contributed by atoms with van der Waals surface area (Å²) < 4.78 is 13.2. The molecule has 47 heavy (non-hydrogen) atoms. The Hall–Kier alpha value is -4.59. The van der Waals surface area contributed by atoms with Gasteiger partial charge < -0.3 is 19.9 Å². The van der Waals surface area contributed by atoms with Crippen molar-refractivity contribution < 1.29 is 19.4 Å². The topological polar surface area (TPSA) is 71.0 Å². The highest BCUT2D eigenvalue weighted by atomic mass is 16.7. The third kappa shape index (κ3) is 8.23. The first-order valence-electron chi connectivity index (χ1n) is 16.2. The lowest BCUT2D eigenvalue weighted by molar-refractivity contribution is -0.253. The molecule has 1 amide bonds. The number of likely N-dealkylation sites (N-methyl/N-ethyl adjacent to an activating group) is 1. The van der Waals surface area contributed by atoms with E-state index in [1.54, 1.807) is 0 Å². The van der Waals surface area contributed by atoms with Crippen molar-refractivity contribution in [3.8, 4) is 11.1 Å². The average Bonchev–Trinajstić information content (AvgIpc) is 3.14. The van der Waals surface area contributed by atoms with Gasteiger partial charge in [-0.05, 0) is 65.6 Å². The van der Waals surface area contributed by atoms with Crippen LogP contribution in [0, 0.1) is 0 Å². The molecule has 240 valence electrons. The maximum Gasteiger partial charge on any atom is 0.251 e. The van der Waals surface area contributed by atoms with Crippen molar-refractivity contribution in [3.05, 3.63) is 167 Å². The number of hydrogen-bond donors (Lipinski definition) is 2. The molecule has 1 saturated heterocycles. The SMILES string of the molecule is C[C@@H](c1ccccc1)N(C)C[C@@H]1C[C@H](c2ccc(CO)cc2)O[C@H](c2ccc(-c3cccc(CNC(=O)c4ccccc4)c3)cc2)O1. The van der Waals surface area contributed by atoms with E-state index in [1.807, 2.05) is 72.8 Å². The minimum atomic E-state index is -0.523. The summed E-state index contributed by atoms with van der Waals surface area (Å²) in [6.45, 7) is 3.44. The second-order valence-corrected chi connectivity index (χ2v) is 12.2. The van der Waals surface area contributed by atoms with Crippen LogP contribution in [0.15, 0.2) is 133 Å². The first-order valence-corrected chi connectivity index (χ1v) is 16.2. The molecular weight excluding hydrogens is 584 g/mol. The average molecular weight is 627 g/mol. The predicted molar refractivity (Wildman–Crippen MR) is 185 cm³/mol. The number of rotatable bonds is 11. The summed E-state index contributed by atoms with van der Waals surface area (Å²) in [5.41, 5.74) is 8.01. The quantitative estimate of drug-likeness (QED) is 0.155. The van der Waals surface area contributed by atoms with Gasteiger partial charge in [0.15, 0.2) is 6.29 Å². The third-order valence-electron chi connectivity index (χ3n) is 8.98. The van der Waals surface area contributed by atoms with Crippen molar-refractivity contribution in [2.24, 2.45) is 0 Å². The van der Waals surface area contributed by atoms with Gasteiger partial charge in [-0.3, -0.25) is 9.69 Å². The molecule has 6 rings (SSSR count).